The zero-order valence-corrected chi connectivity index (χ0v) is 15.3. The maximum Gasteiger partial charge on any atom is 0.183 e. The number of nitrogens with zero attached hydrogens (tertiary/aromatic N) is 3. The van der Waals surface area contributed by atoms with Crippen LogP contribution in [0.3, 0.4) is 0 Å². The van der Waals surface area contributed by atoms with E-state index in [4.69, 9.17) is 16.5 Å². The van der Waals surface area contributed by atoms with Crippen molar-refractivity contribution in [3.8, 4) is 5.75 Å². The molecule has 130 valence electrons. The lowest BCUT2D eigenvalue weighted by Gasteiger charge is -2.33. The van der Waals surface area contributed by atoms with E-state index in [1.165, 1.54) is 0 Å². The van der Waals surface area contributed by atoms with Gasteiger partial charge < -0.3 is 19.4 Å². The zero-order valence-electron chi connectivity index (χ0n) is 13.6. The summed E-state index contributed by atoms with van der Waals surface area (Å²) in [6, 6.07) is 5.88. The first-order valence-corrected chi connectivity index (χ1v) is 10.9. The Morgan fingerprint density at radius 1 is 1.29 bits per heavy atom. The highest BCUT2D eigenvalue weighted by atomic mass is 32.5. The molecule has 0 unspecified atom stereocenters. The van der Waals surface area contributed by atoms with Gasteiger partial charge in [0.2, 0.25) is 0 Å². The lowest BCUT2D eigenvalue weighted by atomic mass is 9.94. The molecule has 2 heterocycles. The van der Waals surface area contributed by atoms with Crippen LogP contribution < -0.4 is 9.64 Å². The molecular formula is C16H22N3O3PS. The molecule has 2 N–H and O–H groups in total. The van der Waals surface area contributed by atoms with Crippen LogP contribution in [0, 0.1) is 5.92 Å². The Balaban J connectivity index is 1.73. The van der Waals surface area contributed by atoms with Crippen molar-refractivity contribution in [3.05, 3.63) is 24.5 Å². The van der Waals surface area contributed by atoms with Gasteiger partial charge in [-0.15, -0.1) is 0 Å². The average Bonchev–Trinajstić information content (AvgIpc) is 2.59. The lowest BCUT2D eigenvalue weighted by Crippen LogP contribution is -2.34. The number of rotatable bonds is 5. The van der Waals surface area contributed by atoms with Gasteiger partial charge >= 0.3 is 0 Å². The van der Waals surface area contributed by atoms with Crippen molar-refractivity contribution >= 4 is 35.0 Å². The maximum atomic E-state index is 9.39. The first-order valence-electron chi connectivity index (χ1n) is 8.05. The van der Waals surface area contributed by atoms with Crippen LogP contribution in [0.1, 0.15) is 19.3 Å². The number of ether oxygens (including phenoxy) is 1. The monoisotopic (exact) mass is 367 g/mol. The molecule has 1 aliphatic rings. The van der Waals surface area contributed by atoms with Gasteiger partial charge in [0.15, 0.2) is 6.49 Å². The Morgan fingerprint density at radius 2 is 2.04 bits per heavy atom. The van der Waals surface area contributed by atoms with Gasteiger partial charge in [0.1, 0.15) is 23.4 Å². The third-order valence-corrected chi connectivity index (χ3v) is 5.96. The number of methoxy groups -OCH3 is 1. The van der Waals surface area contributed by atoms with E-state index < -0.39 is 6.49 Å². The van der Waals surface area contributed by atoms with Crippen molar-refractivity contribution in [3.63, 3.8) is 0 Å². The second kappa shape index (κ2) is 7.31. The van der Waals surface area contributed by atoms with Crippen molar-refractivity contribution in [2.75, 3.05) is 31.3 Å². The van der Waals surface area contributed by atoms with Crippen molar-refractivity contribution in [2.24, 2.45) is 5.92 Å². The molecule has 24 heavy (non-hydrogen) atoms. The molecule has 8 heteroatoms. The van der Waals surface area contributed by atoms with Crippen molar-refractivity contribution in [1.29, 1.82) is 0 Å². The van der Waals surface area contributed by atoms with Gasteiger partial charge in [-0.1, -0.05) is 6.07 Å². The third-order valence-electron chi connectivity index (χ3n) is 4.57. The van der Waals surface area contributed by atoms with Crippen LogP contribution in [0.4, 0.5) is 5.82 Å². The third kappa shape index (κ3) is 4.03. The number of para-hydroxylation sites is 1. The van der Waals surface area contributed by atoms with E-state index in [-0.39, 0.29) is 0 Å². The smallest absolute Gasteiger partial charge is 0.183 e. The summed E-state index contributed by atoms with van der Waals surface area (Å²) in [5, 5.41) is 0.997. The molecule has 1 saturated heterocycles. The van der Waals surface area contributed by atoms with Crippen LogP contribution in [-0.4, -0.2) is 46.1 Å². The fourth-order valence-corrected chi connectivity index (χ4v) is 4.27. The molecule has 0 atom stereocenters. The first kappa shape index (κ1) is 17.5. The SMILES string of the molecule is COc1cccc2c(N3CCC(CCP(O)(O)=S)CC3)ncnc12. The molecule has 0 spiro atoms. The normalized spacial score (nSPS) is 16.5. The molecule has 1 aromatic heterocycles. The average molecular weight is 367 g/mol. The second-order valence-electron chi connectivity index (χ2n) is 6.16. The van der Waals surface area contributed by atoms with E-state index in [1.807, 2.05) is 18.2 Å². The molecule has 0 radical (unpaired) electrons. The van der Waals surface area contributed by atoms with Crippen molar-refractivity contribution < 1.29 is 14.5 Å². The number of anilines is 1. The van der Waals surface area contributed by atoms with Gasteiger partial charge in [0.25, 0.3) is 0 Å². The Bertz CT molecular complexity index is 759. The van der Waals surface area contributed by atoms with Crippen LogP contribution in [0.15, 0.2) is 24.5 Å². The molecule has 1 aliphatic heterocycles. The quantitative estimate of drug-likeness (QED) is 0.786. The van der Waals surface area contributed by atoms with Gasteiger partial charge in [-0.3, -0.25) is 0 Å². The Morgan fingerprint density at radius 3 is 2.71 bits per heavy atom. The predicted octanol–water partition coefficient (Wildman–Crippen LogP) is 2.54. The number of hydrogen-bond donors (Lipinski definition) is 2. The van der Waals surface area contributed by atoms with Crippen LogP contribution in [-0.2, 0) is 11.8 Å². The van der Waals surface area contributed by atoms with Crippen LogP contribution >= 0.6 is 6.49 Å². The molecule has 1 aromatic carbocycles. The van der Waals surface area contributed by atoms with Gasteiger partial charge in [-0.2, -0.15) is 0 Å². The fourth-order valence-electron chi connectivity index (χ4n) is 3.25. The molecule has 2 aromatic rings. The lowest BCUT2D eigenvalue weighted by molar-refractivity contribution is 0.386. The molecule has 0 saturated carbocycles. The highest BCUT2D eigenvalue weighted by Gasteiger charge is 2.23. The summed E-state index contributed by atoms with van der Waals surface area (Å²) in [7, 11) is 1.65. The number of aromatic nitrogens is 2. The summed E-state index contributed by atoms with van der Waals surface area (Å²) in [5.41, 5.74) is 0.827. The molecular weight excluding hydrogens is 345 g/mol. The summed E-state index contributed by atoms with van der Waals surface area (Å²) < 4.78 is 5.39. The highest BCUT2D eigenvalue weighted by Crippen LogP contribution is 2.38. The largest absolute Gasteiger partial charge is 0.494 e. The number of hydrogen-bond acceptors (Lipinski definition) is 5. The molecule has 3 rings (SSSR count). The van der Waals surface area contributed by atoms with E-state index >= 15 is 0 Å². The number of fused-ring (bicyclic) bond motifs is 1. The van der Waals surface area contributed by atoms with Crippen molar-refractivity contribution in [2.45, 2.75) is 19.3 Å². The number of piperidine rings is 1. The molecule has 0 bridgehead atoms. The van der Waals surface area contributed by atoms with E-state index in [2.05, 4.69) is 14.9 Å². The molecule has 0 amide bonds. The summed E-state index contributed by atoms with van der Waals surface area (Å²) in [4.78, 5) is 29.9. The van der Waals surface area contributed by atoms with E-state index in [0.717, 1.165) is 54.8 Å². The maximum absolute atomic E-state index is 9.39. The minimum Gasteiger partial charge on any atom is -0.494 e. The molecule has 0 aliphatic carbocycles. The van der Waals surface area contributed by atoms with Gasteiger partial charge in [0.05, 0.1) is 7.11 Å². The van der Waals surface area contributed by atoms with Crippen molar-refractivity contribution in [1.82, 2.24) is 9.97 Å². The zero-order chi connectivity index (χ0) is 17.2. The summed E-state index contributed by atoms with van der Waals surface area (Å²) >= 11 is 4.71. The Kier molecular flexibility index (Phi) is 5.35. The molecule has 1 fully saturated rings. The van der Waals surface area contributed by atoms with Crippen LogP contribution in [0.2, 0.25) is 0 Å². The first-order chi connectivity index (χ1) is 11.5. The fraction of sp³-hybridized carbons (Fsp3) is 0.500. The van der Waals surface area contributed by atoms with Crippen LogP contribution in [0.25, 0.3) is 10.9 Å². The standard InChI is InChI=1S/C16H22N3O3PS/c1-22-14-4-2-3-13-15(14)17-11-18-16(13)19-8-5-12(6-9-19)7-10-23(20,21)24/h2-4,11-12H,5-10H2,1H3,(H2,20,21,24). The minimum atomic E-state index is -3.06. The second-order valence-corrected chi connectivity index (χ2v) is 9.69. The van der Waals surface area contributed by atoms with E-state index in [0.29, 0.717) is 12.1 Å². The minimum absolute atomic E-state index is 0.348. The topological polar surface area (TPSA) is 78.7 Å². The summed E-state index contributed by atoms with van der Waals surface area (Å²) in [6.07, 6.45) is 4.73. The summed E-state index contributed by atoms with van der Waals surface area (Å²) in [6.45, 7) is -1.27. The molecule has 6 nitrogen and oxygen atoms in total. The Labute approximate surface area is 146 Å². The van der Waals surface area contributed by atoms with E-state index in [9.17, 15) is 9.79 Å². The van der Waals surface area contributed by atoms with Crippen LogP contribution in [0.5, 0.6) is 5.75 Å². The predicted molar refractivity (Wildman–Crippen MR) is 99.2 cm³/mol. The van der Waals surface area contributed by atoms with E-state index in [1.54, 1.807) is 13.4 Å². The highest BCUT2D eigenvalue weighted by molar-refractivity contribution is 8.09. The van der Waals surface area contributed by atoms with Gasteiger partial charge in [-0.05, 0) is 49.1 Å². The van der Waals surface area contributed by atoms with Gasteiger partial charge in [0, 0.05) is 24.6 Å². The summed E-state index contributed by atoms with van der Waals surface area (Å²) in [5.74, 6) is 2.18. The number of benzene rings is 1. The Hall–Kier alpha value is -1.27. The van der Waals surface area contributed by atoms with Gasteiger partial charge in [-0.25, -0.2) is 9.97 Å².